The molecule has 0 fully saturated rings. The number of aromatic amines is 1. The molecule has 3 aromatic rings. The van der Waals surface area contributed by atoms with Crippen LogP contribution in [0.15, 0.2) is 40.2 Å². The first kappa shape index (κ1) is 24.0. The Balaban J connectivity index is 2.10. The van der Waals surface area contributed by atoms with Crippen molar-refractivity contribution in [3.63, 3.8) is 0 Å². The van der Waals surface area contributed by atoms with Gasteiger partial charge in [-0.15, -0.1) is 0 Å². The maximum absolute atomic E-state index is 13.5. The van der Waals surface area contributed by atoms with Crippen LogP contribution in [0.1, 0.15) is 36.4 Å². The van der Waals surface area contributed by atoms with E-state index in [0.29, 0.717) is 6.33 Å². The molecule has 0 radical (unpaired) electrons. The Labute approximate surface area is 188 Å². The number of hydrogen-bond donors (Lipinski definition) is 2. The van der Waals surface area contributed by atoms with Crippen LogP contribution in [0, 0.1) is 11.3 Å². The number of hydrogen-bond acceptors (Lipinski definition) is 7. The molecule has 2 N–H and O–H groups in total. The summed E-state index contributed by atoms with van der Waals surface area (Å²) in [5, 5.41) is 25.1. The minimum Gasteiger partial charge on any atom is -0.449 e. The Morgan fingerprint density at radius 2 is 1.94 bits per heavy atom. The number of nitrogens with one attached hydrogen (secondary N) is 1. The summed E-state index contributed by atoms with van der Waals surface area (Å²) in [4.78, 5) is 28.1. The summed E-state index contributed by atoms with van der Waals surface area (Å²) in [6.07, 6.45) is -4.36. The maximum atomic E-state index is 13.5. The van der Waals surface area contributed by atoms with Crippen LogP contribution in [-0.2, 0) is 18.3 Å². The van der Waals surface area contributed by atoms with Crippen LogP contribution in [-0.4, -0.2) is 24.9 Å². The highest BCUT2D eigenvalue weighted by atomic mass is 35.5. The van der Waals surface area contributed by atoms with Gasteiger partial charge in [0.25, 0.3) is 11.1 Å². The molecule has 0 saturated heterocycles. The van der Waals surface area contributed by atoms with Gasteiger partial charge in [0.2, 0.25) is 5.75 Å². The van der Waals surface area contributed by atoms with Crippen LogP contribution in [0.3, 0.4) is 0 Å². The number of alkyl halides is 3. The lowest BCUT2D eigenvalue weighted by molar-refractivity contribution is -0.142. The van der Waals surface area contributed by atoms with E-state index in [1.54, 1.807) is 6.07 Å². The number of aromatic nitrogens is 4. The van der Waals surface area contributed by atoms with E-state index in [4.69, 9.17) is 21.6 Å². The van der Waals surface area contributed by atoms with Crippen molar-refractivity contribution in [2.45, 2.75) is 32.2 Å². The third kappa shape index (κ3) is 5.39. The van der Waals surface area contributed by atoms with Crippen molar-refractivity contribution in [1.29, 1.82) is 5.26 Å². The number of aliphatic hydroxyl groups is 1. The Hall–Kier alpha value is -3.69. The van der Waals surface area contributed by atoms with Crippen molar-refractivity contribution in [2.24, 2.45) is 0 Å². The SMILES string of the molecule is CC(C)(O)c1cc(Cn2cnc(C(F)(F)F)c(Oc3cc(Cl)cc(C#N)c3)c2=O)n[nH]c1=O. The molecule has 3 rings (SSSR count). The van der Waals surface area contributed by atoms with Gasteiger partial charge >= 0.3 is 6.18 Å². The van der Waals surface area contributed by atoms with Gasteiger partial charge in [0.15, 0.2) is 5.69 Å². The highest BCUT2D eigenvalue weighted by molar-refractivity contribution is 6.30. The zero-order valence-corrected chi connectivity index (χ0v) is 17.8. The Bertz CT molecular complexity index is 1370. The second-order valence-electron chi connectivity index (χ2n) is 7.40. The van der Waals surface area contributed by atoms with E-state index in [-0.39, 0.29) is 34.1 Å². The summed E-state index contributed by atoms with van der Waals surface area (Å²) in [7, 11) is 0. The van der Waals surface area contributed by atoms with Crippen molar-refractivity contribution in [2.75, 3.05) is 0 Å². The molecule has 172 valence electrons. The van der Waals surface area contributed by atoms with Crippen LogP contribution in [0.2, 0.25) is 5.02 Å². The summed E-state index contributed by atoms with van der Waals surface area (Å²) in [6.45, 7) is 2.33. The predicted octanol–water partition coefficient (Wildman–Crippen LogP) is 2.94. The molecule has 0 bridgehead atoms. The zero-order chi connectivity index (χ0) is 24.6. The van der Waals surface area contributed by atoms with E-state index in [1.165, 1.54) is 26.0 Å². The van der Waals surface area contributed by atoms with Crippen LogP contribution >= 0.6 is 11.6 Å². The molecule has 0 amide bonds. The van der Waals surface area contributed by atoms with Crippen molar-refractivity contribution in [1.82, 2.24) is 19.7 Å². The number of ether oxygens (including phenoxy) is 1. The van der Waals surface area contributed by atoms with Crippen LogP contribution < -0.4 is 15.9 Å². The minimum absolute atomic E-state index is 0.00635. The average molecular weight is 482 g/mol. The second-order valence-corrected chi connectivity index (χ2v) is 7.84. The number of rotatable bonds is 5. The Morgan fingerprint density at radius 1 is 1.24 bits per heavy atom. The quantitative estimate of drug-likeness (QED) is 0.572. The van der Waals surface area contributed by atoms with E-state index >= 15 is 0 Å². The van der Waals surface area contributed by atoms with E-state index in [1.807, 2.05) is 0 Å². The summed E-state index contributed by atoms with van der Waals surface area (Å²) in [6, 6.07) is 6.51. The van der Waals surface area contributed by atoms with Gasteiger partial charge in [-0.3, -0.25) is 14.2 Å². The lowest BCUT2D eigenvalue weighted by Gasteiger charge is -2.17. The van der Waals surface area contributed by atoms with Crippen LogP contribution in [0.5, 0.6) is 11.5 Å². The van der Waals surface area contributed by atoms with E-state index in [2.05, 4.69) is 15.2 Å². The summed E-state index contributed by atoms with van der Waals surface area (Å²) < 4.78 is 46.5. The number of benzene rings is 1. The van der Waals surface area contributed by atoms with E-state index < -0.39 is 34.3 Å². The second kappa shape index (κ2) is 8.68. The lowest BCUT2D eigenvalue weighted by atomic mass is 10.00. The summed E-state index contributed by atoms with van der Waals surface area (Å²) in [5.41, 5.74) is -4.96. The molecular formula is C20H15ClF3N5O4. The topological polar surface area (TPSA) is 134 Å². The third-order valence-electron chi connectivity index (χ3n) is 4.33. The van der Waals surface area contributed by atoms with Gasteiger partial charge < -0.3 is 9.84 Å². The summed E-state index contributed by atoms with van der Waals surface area (Å²) >= 11 is 5.86. The number of nitrogens with zero attached hydrogens (tertiary/aromatic N) is 4. The normalized spacial score (nSPS) is 11.8. The van der Waals surface area contributed by atoms with Gasteiger partial charge in [-0.05, 0) is 38.1 Å². The van der Waals surface area contributed by atoms with Crippen molar-refractivity contribution in [3.05, 3.63) is 78.8 Å². The van der Waals surface area contributed by atoms with Crippen molar-refractivity contribution >= 4 is 11.6 Å². The molecule has 0 unspecified atom stereocenters. The fourth-order valence-electron chi connectivity index (χ4n) is 2.84. The van der Waals surface area contributed by atoms with E-state index in [0.717, 1.165) is 16.7 Å². The number of halogens is 4. The molecule has 0 aliphatic rings. The zero-order valence-electron chi connectivity index (χ0n) is 17.1. The molecular weight excluding hydrogens is 467 g/mol. The Kier molecular flexibility index (Phi) is 6.31. The van der Waals surface area contributed by atoms with Gasteiger partial charge in [-0.1, -0.05) is 11.6 Å². The third-order valence-corrected chi connectivity index (χ3v) is 4.55. The van der Waals surface area contributed by atoms with Gasteiger partial charge in [0.05, 0.1) is 41.4 Å². The smallest absolute Gasteiger partial charge is 0.437 e. The fourth-order valence-corrected chi connectivity index (χ4v) is 3.06. The molecule has 2 heterocycles. The van der Waals surface area contributed by atoms with Gasteiger partial charge in [-0.25, -0.2) is 10.1 Å². The maximum Gasteiger partial charge on any atom is 0.437 e. The molecule has 9 nitrogen and oxygen atoms in total. The largest absolute Gasteiger partial charge is 0.449 e. The number of nitriles is 1. The standard InChI is InChI=1S/C20H15ClF3N5O4/c1-19(2,32)14-6-12(27-28-17(14)30)8-29-9-26-16(20(22,23)24)15(18(29)31)33-13-4-10(7-25)3-11(21)5-13/h3-6,9,32H,8H2,1-2H3,(H,28,30). The first-order valence-corrected chi connectivity index (χ1v) is 9.54. The number of H-pyrrole nitrogens is 1. The molecule has 13 heteroatoms. The summed E-state index contributed by atoms with van der Waals surface area (Å²) in [5.74, 6) is -1.41. The highest BCUT2D eigenvalue weighted by Crippen LogP contribution is 2.35. The lowest BCUT2D eigenvalue weighted by Crippen LogP contribution is -2.30. The van der Waals surface area contributed by atoms with Crippen LogP contribution in [0.4, 0.5) is 13.2 Å². The molecule has 0 saturated carbocycles. The molecule has 2 aromatic heterocycles. The highest BCUT2D eigenvalue weighted by Gasteiger charge is 2.39. The minimum atomic E-state index is -5.02. The molecule has 0 aliphatic carbocycles. The molecule has 0 aliphatic heterocycles. The predicted molar refractivity (Wildman–Crippen MR) is 109 cm³/mol. The first-order chi connectivity index (χ1) is 15.3. The molecule has 0 atom stereocenters. The van der Waals surface area contributed by atoms with Gasteiger partial charge in [0.1, 0.15) is 5.75 Å². The fraction of sp³-hybridized carbons (Fsp3) is 0.250. The van der Waals surface area contributed by atoms with Gasteiger partial charge in [0, 0.05) is 5.02 Å². The molecule has 1 aromatic carbocycles. The monoisotopic (exact) mass is 481 g/mol. The van der Waals surface area contributed by atoms with Crippen LogP contribution in [0.25, 0.3) is 0 Å². The molecule has 33 heavy (non-hydrogen) atoms. The van der Waals surface area contributed by atoms with E-state index in [9.17, 15) is 27.9 Å². The van der Waals surface area contributed by atoms with Crippen molar-refractivity contribution in [3.8, 4) is 17.6 Å². The van der Waals surface area contributed by atoms with Crippen molar-refractivity contribution < 1.29 is 23.0 Å². The first-order valence-electron chi connectivity index (χ1n) is 9.16. The van der Waals surface area contributed by atoms with Gasteiger partial charge in [-0.2, -0.15) is 23.5 Å². The molecule has 0 spiro atoms. The average Bonchev–Trinajstić information content (AvgIpc) is 2.70. The Morgan fingerprint density at radius 3 is 2.55 bits per heavy atom.